The molecular weight excluding hydrogens is 266 g/mol. The fraction of sp³-hybridized carbons (Fsp3) is 0.200. The van der Waals surface area contributed by atoms with Crippen molar-refractivity contribution in [2.24, 2.45) is 0 Å². The maximum Gasteiger partial charge on any atom is 0.308 e. The van der Waals surface area contributed by atoms with E-state index in [0.29, 0.717) is 22.7 Å². The number of nitrogens with zero attached hydrogens (tertiary/aromatic N) is 5. The van der Waals surface area contributed by atoms with Gasteiger partial charge in [0.2, 0.25) is 5.82 Å². The zero-order chi connectivity index (χ0) is 14.3. The van der Waals surface area contributed by atoms with E-state index in [4.69, 9.17) is 5.11 Å². The molecule has 0 bridgehead atoms. The van der Waals surface area contributed by atoms with Crippen molar-refractivity contribution in [1.29, 1.82) is 0 Å². The van der Waals surface area contributed by atoms with Crippen molar-refractivity contribution in [3.8, 4) is 11.4 Å². The number of carboxylic acid groups (broad SMARTS) is 1. The predicted octanol–water partition coefficient (Wildman–Crippen LogP) is -0.862. The SMILES string of the molecule is Cc1nc2c(-c3nn[nH]n3)c[nH]n2c(=O)c1CC(=O)O. The van der Waals surface area contributed by atoms with Crippen LogP contribution in [0.25, 0.3) is 17.0 Å². The number of hydrogen-bond acceptors (Lipinski definition) is 6. The maximum atomic E-state index is 12.2. The van der Waals surface area contributed by atoms with Gasteiger partial charge in [0.25, 0.3) is 5.56 Å². The fourth-order valence-corrected chi connectivity index (χ4v) is 1.95. The van der Waals surface area contributed by atoms with E-state index in [2.05, 4.69) is 30.7 Å². The first-order valence-electron chi connectivity index (χ1n) is 5.63. The quantitative estimate of drug-likeness (QED) is 0.564. The van der Waals surface area contributed by atoms with E-state index in [0.717, 1.165) is 4.52 Å². The normalized spacial score (nSPS) is 11.1. The van der Waals surface area contributed by atoms with Crippen LogP contribution >= 0.6 is 0 Å². The Bertz CT molecular complexity index is 846. The van der Waals surface area contributed by atoms with Crippen molar-refractivity contribution < 1.29 is 9.90 Å². The van der Waals surface area contributed by atoms with Crippen LogP contribution in [0.4, 0.5) is 0 Å². The molecule has 0 atom stereocenters. The molecule has 0 aliphatic heterocycles. The van der Waals surface area contributed by atoms with Crippen LogP contribution in [0.1, 0.15) is 11.3 Å². The van der Waals surface area contributed by atoms with Crippen LogP contribution in [0.3, 0.4) is 0 Å². The number of H-pyrrole nitrogens is 2. The highest BCUT2D eigenvalue weighted by Gasteiger charge is 2.18. The minimum absolute atomic E-state index is 0.136. The van der Waals surface area contributed by atoms with E-state index >= 15 is 0 Å². The molecule has 3 heterocycles. The summed E-state index contributed by atoms with van der Waals surface area (Å²) in [6.07, 6.45) is 1.13. The van der Waals surface area contributed by atoms with Crippen LogP contribution < -0.4 is 5.56 Å². The van der Waals surface area contributed by atoms with Gasteiger partial charge in [-0.3, -0.25) is 14.7 Å². The maximum absolute atomic E-state index is 12.2. The van der Waals surface area contributed by atoms with Crippen molar-refractivity contribution in [2.75, 3.05) is 0 Å². The van der Waals surface area contributed by atoms with Gasteiger partial charge in [-0.2, -0.15) is 5.21 Å². The molecule has 0 saturated heterocycles. The van der Waals surface area contributed by atoms with Crippen LogP contribution in [-0.4, -0.2) is 46.3 Å². The summed E-state index contributed by atoms with van der Waals surface area (Å²) in [5.41, 5.74) is 0.867. The Hall–Kier alpha value is -3.04. The van der Waals surface area contributed by atoms with Gasteiger partial charge in [-0.1, -0.05) is 0 Å². The molecular formula is C10H9N7O3. The number of aliphatic carboxylic acids is 1. The minimum Gasteiger partial charge on any atom is -0.481 e. The Morgan fingerprint density at radius 2 is 2.30 bits per heavy atom. The largest absolute Gasteiger partial charge is 0.481 e. The molecule has 3 aromatic heterocycles. The van der Waals surface area contributed by atoms with E-state index in [-0.39, 0.29) is 12.0 Å². The van der Waals surface area contributed by atoms with Crippen LogP contribution in [0.5, 0.6) is 0 Å². The Labute approximate surface area is 110 Å². The highest BCUT2D eigenvalue weighted by atomic mass is 16.4. The van der Waals surface area contributed by atoms with Gasteiger partial charge in [-0.15, -0.1) is 10.2 Å². The number of carbonyl (C=O) groups is 1. The monoisotopic (exact) mass is 275 g/mol. The third-order valence-corrected chi connectivity index (χ3v) is 2.88. The van der Waals surface area contributed by atoms with E-state index in [9.17, 15) is 9.59 Å². The molecule has 0 aromatic carbocycles. The van der Waals surface area contributed by atoms with Crippen LogP contribution in [0, 0.1) is 6.92 Å². The van der Waals surface area contributed by atoms with Crippen LogP contribution in [0.15, 0.2) is 11.0 Å². The van der Waals surface area contributed by atoms with Gasteiger partial charge < -0.3 is 5.11 Å². The first-order chi connectivity index (χ1) is 9.58. The molecule has 0 spiro atoms. The standard InChI is InChI=1S/C10H9N7O3/c1-4-5(2-7(18)19)10(20)17-9(12-4)6(3-11-17)8-13-15-16-14-8/h3,11H,2H2,1H3,(H,18,19)(H,13,14,15,16). The molecule has 20 heavy (non-hydrogen) atoms. The van der Waals surface area contributed by atoms with E-state index in [1.54, 1.807) is 6.92 Å². The Kier molecular flexibility index (Phi) is 2.56. The predicted molar refractivity (Wildman–Crippen MR) is 65.1 cm³/mol. The number of aryl methyl sites for hydroxylation is 1. The van der Waals surface area contributed by atoms with E-state index < -0.39 is 11.5 Å². The van der Waals surface area contributed by atoms with Crippen molar-refractivity contribution in [3.05, 3.63) is 27.8 Å². The van der Waals surface area contributed by atoms with Gasteiger partial charge >= 0.3 is 5.97 Å². The lowest BCUT2D eigenvalue weighted by atomic mass is 10.1. The number of hydrogen-bond donors (Lipinski definition) is 3. The molecule has 102 valence electrons. The first-order valence-corrected chi connectivity index (χ1v) is 5.63. The second-order valence-corrected chi connectivity index (χ2v) is 4.13. The Morgan fingerprint density at radius 3 is 2.95 bits per heavy atom. The van der Waals surface area contributed by atoms with Crippen molar-refractivity contribution in [2.45, 2.75) is 13.3 Å². The highest BCUT2D eigenvalue weighted by molar-refractivity contribution is 5.73. The molecule has 3 aromatic rings. The molecule has 3 rings (SSSR count). The van der Waals surface area contributed by atoms with Crippen molar-refractivity contribution in [3.63, 3.8) is 0 Å². The van der Waals surface area contributed by atoms with Crippen molar-refractivity contribution >= 4 is 11.6 Å². The fourth-order valence-electron chi connectivity index (χ4n) is 1.95. The molecule has 0 fully saturated rings. The summed E-state index contributed by atoms with van der Waals surface area (Å²) in [4.78, 5) is 27.3. The minimum atomic E-state index is -1.09. The molecule has 10 heteroatoms. The van der Waals surface area contributed by atoms with Gasteiger partial charge in [0, 0.05) is 11.9 Å². The van der Waals surface area contributed by atoms with Gasteiger partial charge in [0.1, 0.15) is 0 Å². The summed E-state index contributed by atoms with van der Waals surface area (Å²) in [6, 6.07) is 0. The second-order valence-electron chi connectivity index (χ2n) is 4.13. The smallest absolute Gasteiger partial charge is 0.308 e. The second kappa shape index (κ2) is 4.26. The molecule has 0 aliphatic rings. The third kappa shape index (κ3) is 1.74. The number of nitrogens with one attached hydrogen (secondary N) is 2. The molecule has 0 saturated carbocycles. The van der Waals surface area contributed by atoms with E-state index in [1.807, 2.05) is 0 Å². The van der Waals surface area contributed by atoms with Gasteiger partial charge in [0.15, 0.2) is 5.65 Å². The molecule has 10 nitrogen and oxygen atoms in total. The number of aromatic nitrogens is 7. The summed E-state index contributed by atoms with van der Waals surface area (Å²) in [5, 5.41) is 24.9. The molecule has 3 N–H and O–H groups in total. The van der Waals surface area contributed by atoms with Crippen LogP contribution in [0.2, 0.25) is 0 Å². The molecule has 0 amide bonds. The lowest BCUT2D eigenvalue weighted by Crippen LogP contribution is -2.24. The molecule has 0 radical (unpaired) electrons. The summed E-state index contributed by atoms with van der Waals surface area (Å²) >= 11 is 0. The average Bonchev–Trinajstić information content (AvgIpc) is 3.02. The van der Waals surface area contributed by atoms with Gasteiger partial charge in [-0.25, -0.2) is 9.50 Å². The molecule has 0 aliphatic carbocycles. The van der Waals surface area contributed by atoms with Crippen LogP contribution in [-0.2, 0) is 11.2 Å². The lowest BCUT2D eigenvalue weighted by molar-refractivity contribution is -0.136. The third-order valence-electron chi connectivity index (χ3n) is 2.88. The van der Waals surface area contributed by atoms with Gasteiger partial charge in [-0.05, 0) is 12.1 Å². The lowest BCUT2D eigenvalue weighted by Gasteiger charge is -2.03. The number of tetrazole rings is 1. The summed E-state index contributed by atoms with van der Waals surface area (Å²) < 4.78 is 1.16. The van der Waals surface area contributed by atoms with E-state index in [1.165, 1.54) is 6.20 Å². The summed E-state index contributed by atoms with van der Waals surface area (Å²) in [6.45, 7) is 1.59. The summed E-state index contributed by atoms with van der Waals surface area (Å²) in [5.74, 6) is -0.794. The Morgan fingerprint density at radius 1 is 1.50 bits per heavy atom. The topological polar surface area (TPSA) is 142 Å². The number of aromatic amines is 2. The average molecular weight is 275 g/mol. The zero-order valence-electron chi connectivity index (χ0n) is 10.3. The number of rotatable bonds is 3. The highest BCUT2D eigenvalue weighted by Crippen LogP contribution is 2.18. The Balaban J connectivity index is 2.27. The van der Waals surface area contributed by atoms with Gasteiger partial charge in [0.05, 0.1) is 17.5 Å². The number of fused-ring (bicyclic) bond motifs is 1. The first kappa shape index (κ1) is 12.0. The molecule has 0 unspecified atom stereocenters. The summed E-state index contributed by atoms with van der Waals surface area (Å²) in [7, 11) is 0. The number of carboxylic acids is 1. The zero-order valence-corrected chi connectivity index (χ0v) is 10.3. The van der Waals surface area contributed by atoms with Crippen molar-refractivity contribution in [1.82, 2.24) is 35.2 Å².